The number of nitrogens with one attached hydrogen (secondary N) is 1. The Morgan fingerprint density at radius 2 is 1.84 bits per heavy atom. The van der Waals surface area contributed by atoms with Crippen LogP contribution in [0.25, 0.3) is 0 Å². The highest BCUT2D eigenvalue weighted by molar-refractivity contribution is 5.97. The molecule has 0 radical (unpaired) electrons. The molecular weight excluding hydrogens is 240 g/mol. The summed E-state index contributed by atoms with van der Waals surface area (Å²) in [6, 6.07) is -0.605. The summed E-state index contributed by atoms with van der Waals surface area (Å²) in [4.78, 5) is 26.5. The first kappa shape index (κ1) is 16.0. The Morgan fingerprint density at radius 3 is 2.37 bits per heavy atom. The number of hydrogen-bond acceptors (Lipinski definition) is 2. The van der Waals surface area contributed by atoms with Crippen LogP contribution >= 0.6 is 0 Å². The molecule has 4 nitrogen and oxygen atoms in total. The molecule has 1 saturated heterocycles. The van der Waals surface area contributed by atoms with Crippen molar-refractivity contribution in [3.05, 3.63) is 0 Å². The molecule has 1 fully saturated rings. The van der Waals surface area contributed by atoms with E-state index in [9.17, 15) is 9.59 Å². The van der Waals surface area contributed by atoms with E-state index in [0.717, 1.165) is 32.1 Å². The van der Waals surface area contributed by atoms with E-state index in [0.29, 0.717) is 6.54 Å². The minimum atomic E-state index is -0.345. The van der Waals surface area contributed by atoms with Crippen LogP contribution in [0.1, 0.15) is 59.8 Å². The fraction of sp³-hybridized carbons (Fsp3) is 0.867. The van der Waals surface area contributed by atoms with Crippen molar-refractivity contribution in [2.75, 3.05) is 6.54 Å². The van der Waals surface area contributed by atoms with Gasteiger partial charge in [-0.15, -0.1) is 0 Å². The van der Waals surface area contributed by atoms with E-state index in [2.05, 4.69) is 19.2 Å². The van der Waals surface area contributed by atoms with E-state index in [1.165, 1.54) is 0 Å². The average Bonchev–Trinajstić information content (AvgIpc) is 2.36. The maximum Gasteiger partial charge on any atom is 0.246 e. The van der Waals surface area contributed by atoms with Gasteiger partial charge in [0.1, 0.15) is 12.1 Å². The molecule has 110 valence electrons. The van der Waals surface area contributed by atoms with Gasteiger partial charge in [0.15, 0.2) is 0 Å². The van der Waals surface area contributed by atoms with E-state index in [1.807, 2.05) is 18.7 Å². The molecule has 1 heterocycles. The first-order chi connectivity index (χ1) is 9.02. The van der Waals surface area contributed by atoms with Gasteiger partial charge in [0.25, 0.3) is 0 Å². The van der Waals surface area contributed by atoms with Crippen molar-refractivity contribution < 1.29 is 9.59 Å². The Labute approximate surface area is 116 Å². The lowest BCUT2D eigenvalue weighted by molar-refractivity contribution is -0.151. The molecular formula is C15H28N2O2. The van der Waals surface area contributed by atoms with Gasteiger partial charge in [-0.25, -0.2) is 0 Å². The Morgan fingerprint density at radius 1 is 1.16 bits per heavy atom. The highest BCUT2D eigenvalue weighted by atomic mass is 16.2. The molecule has 0 aromatic rings. The van der Waals surface area contributed by atoms with Crippen molar-refractivity contribution in [3.8, 4) is 0 Å². The standard InChI is InChI=1S/C15H28N2O2/c1-5-7-8-10-17-12(9-6-2)14(18)16-13(11(3)4)15(17)19/h11-13H,5-10H2,1-4H3,(H,16,18). The summed E-state index contributed by atoms with van der Waals surface area (Å²) < 4.78 is 0. The highest BCUT2D eigenvalue weighted by Gasteiger charge is 2.40. The van der Waals surface area contributed by atoms with Crippen molar-refractivity contribution in [2.45, 2.75) is 71.9 Å². The maximum atomic E-state index is 12.5. The molecule has 0 saturated carbocycles. The Balaban J connectivity index is 2.80. The van der Waals surface area contributed by atoms with Crippen molar-refractivity contribution in [1.82, 2.24) is 10.2 Å². The quantitative estimate of drug-likeness (QED) is 0.720. The maximum absolute atomic E-state index is 12.5. The SMILES string of the molecule is CCCCCN1C(=O)C(C(C)C)NC(=O)C1CCC. The lowest BCUT2D eigenvalue weighted by Crippen LogP contribution is -2.64. The van der Waals surface area contributed by atoms with Crippen LogP contribution in [-0.2, 0) is 9.59 Å². The molecule has 1 rings (SSSR count). The second-order valence-electron chi connectivity index (χ2n) is 5.77. The van der Waals surface area contributed by atoms with Gasteiger partial charge in [0.05, 0.1) is 0 Å². The summed E-state index contributed by atoms with van der Waals surface area (Å²) in [6.07, 6.45) is 4.90. The first-order valence-corrected chi connectivity index (χ1v) is 7.63. The monoisotopic (exact) mass is 268 g/mol. The van der Waals surface area contributed by atoms with Crippen LogP contribution in [0.2, 0.25) is 0 Å². The molecule has 0 aromatic carbocycles. The topological polar surface area (TPSA) is 49.4 Å². The van der Waals surface area contributed by atoms with Crippen LogP contribution in [0.4, 0.5) is 0 Å². The van der Waals surface area contributed by atoms with Gasteiger partial charge < -0.3 is 10.2 Å². The predicted octanol–water partition coefficient (Wildman–Crippen LogP) is 2.33. The van der Waals surface area contributed by atoms with E-state index in [4.69, 9.17) is 0 Å². The molecule has 2 unspecified atom stereocenters. The van der Waals surface area contributed by atoms with Crippen molar-refractivity contribution in [2.24, 2.45) is 5.92 Å². The molecule has 0 spiro atoms. The van der Waals surface area contributed by atoms with Gasteiger partial charge in [0.2, 0.25) is 11.8 Å². The number of carbonyl (C=O) groups excluding carboxylic acids is 2. The molecule has 1 aliphatic rings. The lowest BCUT2D eigenvalue weighted by Gasteiger charge is -2.40. The highest BCUT2D eigenvalue weighted by Crippen LogP contribution is 2.19. The molecule has 0 aliphatic carbocycles. The number of hydrogen-bond donors (Lipinski definition) is 1. The summed E-state index contributed by atoms with van der Waals surface area (Å²) in [7, 11) is 0. The number of nitrogens with zero attached hydrogens (tertiary/aromatic N) is 1. The molecule has 2 atom stereocenters. The van der Waals surface area contributed by atoms with Crippen molar-refractivity contribution >= 4 is 11.8 Å². The number of unbranched alkanes of at least 4 members (excludes halogenated alkanes) is 2. The normalized spacial score (nSPS) is 23.9. The van der Waals surface area contributed by atoms with Crippen LogP contribution in [0.3, 0.4) is 0 Å². The van der Waals surface area contributed by atoms with Gasteiger partial charge in [-0.05, 0) is 18.8 Å². The minimum Gasteiger partial charge on any atom is -0.342 e. The summed E-state index contributed by atoms with van der Waals surface area (Å²) >= 11 is 0. The zero-order chi connectivity index (χ0) is 14.4. The van der Waals surface area contributed by atoms with Crippen LogP contribution < -0.4 is 5.32 Å². The molecule has 1 aliphatic heterocycles. The number of amides is 2. The molecule has 0 aromatic heterocycles. The number of carbonyl (C=O) groups is 2. The second-order valence-corrected chi connectivity index (χ2v) is 5.77. The first-order valence-electron chi connectivity index (χ1n) is 7.63. The summed E-state index contributed by atoms with van der Waals surface area (Å²) in [6.45, 7) is 8.87. The van der Waals surface area contributed by atoms with E-state index < -0.39 is 0 Å². The molecule has 0 bridgehead atoms. The summed E-state index contributed by atoms with van der Waals surface area (Å²) in [5, 5.41) is 2.89. The number of rotatable bonds is 7. The zero-order valence-corrected chi connectivity index (χ0v) is 12.7. The smallest absolute Gasteiger partial charge is 0.246 e. The summed E-state index contributed by atoms with van der Waals surface area (Å²) in [5.41, 5.74) is 0. The largest absolute Gasteiger partial charge is 0.342 e. The fourth-order valence-corrected chi connectivity index (χ4v) is 2.60. The molecule has 4 heteroatoms. The third-order valence-corrected chi connectivity index (χ3v) is 3.76. The second kappa shape index (κ2) is 7.51. The third kappa shape index (κ3) is 3.95. The van der Waals surface area contributed by atoms with Gasteiger partial charge >= 0.3 is 0 Å². The molecule has 2 amide bonds. The zero-order valence-electron chi connectivity index (χ0n) is 12.7. The van der Waals surface area contributed by atoms with Crippen LogP contribution in [0, 0.1) is 5.92 Å². The van der Waals surface area contributed by atoms with Crippen LogP contribution in [0.5, 0.6) is 0 Å². The van der Waals surface area contributed by atoms with Gasteiger partial charge in [-0.3, -0.25) is 9.59 Å². The van der Waals surface area contributed by atoms with Gasteiger partial charge in [0, 0.05) is 6.54 Å². The lowest BCUT2D eigenvalue weighted by atomic mass is 9.96. The Kier molecular flexibility index (Phi) is 6.32. The minimum absolute atomic E-state index is 0.0247. The van der Waals surface area contributed by atoms with E-state index in [-0.39, 0.29) is 29.8 Å². The van der Waals surface area contributed by atoms with Crippen molar-refractivity contribution in [1.29, 1.82) is 0 Å². The van der Waals surface area contributed by atoms with Crippen molar-refractivity contribution in [3.63, 3.8) is 0 Å². The predicted molar refractivity (Wildman–Crippen MR) is 76.7 cm³/mol. The Bertz CT molecular complexity index is 315. The van der Waals surface area contributed by atoms with Crippen LogP contribution in [0.15, 0.2) is 0 Å². The van der Waals surface area contributed by atoms with E-state index >= 15 is 0 Å². The molecule has 19 heavy (non-hydrogen) atoms. The van der Waals surface area contributed by atoms with E-state index in [1.54, 1.807) is 0 Å². The third-order valence-electron chi connectivity index (χ3n) is 3.76. The number of piperazine rings is 1. The summed E-state index contributed by atoms with van der Waals surface area (Å²) in [5.74, 6) is 0.272. The molecule has 1 N–H and O–H groups in total. The van der Waals surface area contributed by atoms with Gasteiger partial charge in [-0.1, -0.05) is 47.0 Å². The van der Waals surface area contributed by atoms with Crippen LogP contribution in [-0.4, -0.2) is 35.3 Å². The Hall–Kier alpha value is -1.06. The van der Waals surface area contributed by atoms with Gasteiger partial charge in [-0.2, -0.15) is 0 Å². The fourth-order valence-electron chi connectivity index (χ4n) is 2.60. The average molecular weight is 268 g/mol.